The average molecular weight is 549 g/mol. The highest BCUT2D eigenvalue weighted by Crippen LogP contribution is 2.34. The monoisotopic (exact) mass is 548 g/mol. The molecule has 1 N–H and O–H groups in total. The topological polar surface area (TPSA) is 52.5 Å². The van der Waals surface area contributed by atoms with Crippen LogP contribution in [0.2, 0.25) is 0 Å². The fourth-order valence-corrected chi connectivity index (χ4v) is 5.56. The molecule has 1 aliphatic rings. The Morgan fingerprint density at radius 3 is 2.44 bits per heavy atom. The molecular formula is C35H33FN2O3. The molecule has 4 aromatic carbocycles. The first-order chi connectivity index (χ1) is 20.1. The Kier molecular flexibility index (Phi) is 7.99. The van der Waals surface area contributed by atoms with E-state index in [1.807, 2.05) is 54.6 Å². The lowest BCUT2D eigenvalue weighted by Gasteiger charge is -2.26. The van der Waals surface area contributed by atoms with Gasteiger partial charge in [0.15, 0.2) is 11.5 Å². The molecule has 2 atom stereocenters. The molecule has 0 saturated heterocycles. The Hall–Kier alpha value is -4.58. The van der Waals surface area contributed by atoms with Gasteiger partial charge in [-0.15, -0.1) is 0 Å². The lowest BCUT2D eigenvalue weighted by atomic mass is 9.89. The highest BCUT2D eigenvalue weighted by Gasteiger charge is 2.24. The van der Waals surface area contributed by atoms with Gasteiger partial charge in [0.2, 0.25) is 5.91 Å². The van der Waals surface area contributed by atoms with Crippen molar-refractivity contribution in [3.05, 3.63) is 132 Å². The molecule has 6 heteroatoms. The first-order valence-electron chi connectivity index (χ1n) is 14.1. The Balaban J connectivity index is 1.21. The van der Waals surface area contributed by atoms with Crippen LogP contribution < -0.4 is 14.8 Å². The molecule has 0 aliphatic carbocycles. The predicted molar refractivity (Wildman–Crippen MR) is 159 cm³/mol. The lowest BCUT2D eigenvalue weighted by Crippen LogP contribution is -2.41. The number of rotatable bonds is 10. The fourth-order valence-electron chi connectivity index (χ4n) is 5.56. The first-order valence-corrected chi connectivity index (χ1v) is 14.1. The molecule has 1 amide bonds. The number of aromatic nitrogens is 1. The normalized spacial score (nSPS) is 15.0. The van der Waals surface area contributed by atoms with Crippen LogP contribution in [0.5, 0.6) is 11.5 Å². The number of ether oxygens (including phenoxy) is 2. The number of halogens is 1. The van der Waals surface area contributed by atoms with Gasteiger partial charge in [0.25, 0.3) is 0 Å². The van der Waals surface area contributed by atoms with Crippen LogP contribution in [0.4, 0.5) is 4.39 Å². The molecule has 2 unspecified atom stereocenters. The zero-order valence-corrected chi connectivity index (χ0v) is 22.8. The summed E-state index contributed by atoms with van der Waals surface area (Å²) in [6.45, 7) is 1.40. The van der Waals surface area contributed by atoms with Crippen molar-refractivity contribution in [3.8, 4) is 11.5 Å². The van der Waals surface area contributed by atoms with Gasteiger partial charge in [0, 0.05) is 30.1 Å². The number of nitrogens with zero attached hydrogens (tertiary/aromatic N) is 1. The van der Waals surface area contributed by atoms with Gasteiger partial charge in [-0.1, -0.05) is 72.8 Å². The van der Waals surface area contributed by atoms with E-state index >= 15 is 0 Å². The van der Waals surface area contributed by atoms with Crippen molar-refractivity contribution in [3.63, 3.8) is 0 Å². The van der Waals surface area contributed by atoms with Crippen LogP contribution in [-0.4, -0.2) is 29.7 Å². The number of benzene rings is 4. The summed E-state index contributed by atoms with van der Waals surface area (Å²) in [5, 5.41) is 4.24. The Morgan fingerprint density at radius 1 is 0.878 bits per heavy atom. The van der Waals surface area contributed by atoms with Crippen LogP contribution in [0.15, 0.2) is 109 Å². The van der Waals surface area contributed by atoms with Crippen LogP contribution in [0.25, 0.3) is 10.9 Å². The molecule has 6 rings (SSSR count). The van der Waals surface area contributed by atoms with Gasteiger partial charge in [-0.05, 0) is 65.8 Å². The van der Waals surface area contributed by atoms with Crippen LogP contribution >= 0.6 is 0 Å². The zero-order valence-electron chi connectivity index (χ0n) is 22.8. The minimum absolute atomic E-state index is 0.0128. The van der Waals surface area contributed by atoms with Crippen LogP contribution in [0.3, 0.4) is 0 Å². The predicted octanol–water partition coefficient (Wildman–Crippen LogP) is 6.89. The van der Waals surface area contributed by atoms with Crippen molar-refractivity contribution in [2.45, 2.75) is 37.8 Å². The van der Waals surface area contributed by atoms with Crippen LogP contribution in [0.1, 0.15) is 35.4 Å². The SMILES string of the molecule is O=C(CC(CCc1ccccc1)c1cn(Cc2ccc(F)cc2)c2ccccc12)NCC1COc2ccccc2O1. The Morgan fingerprint density at radius 2 is 1.61 bits per heavy atom. The zero-order chi connectivity index (χ0) is 28.0. The van der Waals surface area contributed by atoms with E-state index in [9.17, 15) is 9.18 Å². The molecule has 0 spiro atoms. The van der Waals surface area contributed by atoms with E-state index in [1.54, 1.807) is 0 Å². The number of para-hydroxylation sites is 3. The number of carbonyl (C=O) groups excluding carboxylic acids is 1. The van der Waals surface area contributed by atoms with E-state index < -0.39 is 0 Å². The Bertz CT molecular complexity index is 1610. The number of fused-ring (bicyclic) bond motifs is 2. The molecule has 2 heterocycles. The van der Waals surface area contributed by atoms with Gasteiger partial charge < -0.3 is 19.4 Å². The summed E-state index contributed by atoms with van der Waals surface area (Å²) < 4.78 is 27.6. The summed E-state index contributed by atoms with van der Waals surface area (Å²) >= 11 is 0. The summed E-state index contributed by atoms with van der Waals surface area (Å²) in [6.07, 6.45) is 3.99. The second-order valence-corrected chi connectivity index (χ2v) is 10.6. The molecule has 0 fully saturated rings. The number of hydrogen-bond acceptors (Lipinski definition) is 3. The molecule has 1 aromatic heterocycles. The molecular weight excluding hydrogens is 515 g/mol. The van der Waals surface area contributed by atoms with E-state index in [1.165, 1.54) is 17.7 Å². The number of nitrogens with one attached hydrogen (secondary N) is 1. The quantitative estimate of drug-likeness (QED) is 0.207. The van der Waals surface area contributed by atoms with E-state index in [2.05, 4.69) is 52.5 Å². The van der Waals surface area contributed by atoms with Crippen LogP contribution in [0, 0.1) is 5.82 Å². The van der Waals surface area contributed by atoms with E-state index in [-0.39, 0.29) is 23.7 Å². The van der Waals surface area contributed by atoms with Crippen molar-refractivity contribution in [2.75, 3.05) is 13.2 Å². The van der Waals surface area contributed by atoms with E-state index in [4.69, 9.17) is 9.47 Å². The average Bonchev–Trinajstić information content (AvgIpc) is 3.38. The van der Waals surface area contributed by atoms with E-state index in [0.717, 1.165) is 40.6 Å². The highest BCUT2D eigenvalue weighted by molar-refractivity contribution is 5.86. The second kappa shape index (κ2) is 12.3. The smallest absolute Gasteiger partial charge is 0.220 e. The summed E-state index contributed by atoms with van der Waals surface area (Å²) in [6, 6.07) is 32.9. The van der Waals surface area contributed by atoms with Gasteiger partial charge in [0.1, 0.15) is 18.5 Å². The molecule has 41 heavy (non-hydrogen) atoms. The minimum Gasteiger partial charge on any atom is -0.486 e. The summed E-state index contributed by atoms with van der Waals surface area (Å²) in [7, 11) is 0. The van der Waals surface area contributed by atoms with Gasteiger partial charge in [-0.3, -0.25) is 4.79 Å². The number of hydrogen-bond donors (Lipinski definition) is 1. The third-order valence-corrected chi connectivity index (χ3v) is 7.68. The molecule has 208 valence electrons. The van der Waals surface area contributed by atoms with Crippen molar-refractivity contribution in [1.82, 2.24) is 9.88 Å². The number of carbonyl (C=O) groups is 1. The Labute approximate surface area is 239 Å². The minimum atomic E-state index is -0.242. The molecule has 5 aromatic rings. The summed E-state index contributed by atoms with van der Waals surface area (Å²) in [5.41, 5.74) is 4.52. The fraction of sp³-hybridized carbons (Fsp3) is 0.229. The summed E-state index contributed by atoms with van der Waals surface area (Å²) in [4.78, 5) is 13.3. The third-order valence-electron chi connectivity index (χ3n) is 7.68. The number of amides is 1. The maximum Gasteiger partial charge on any atom is 0.220 e. The van der Waals surface area contributed by atoms with Gasteiger partial charge in [0.05, 0.1) is 6.54 Å². The standard InChI is InChI=1S/C35H33FN2O3/c36-28-18-15-26(16-19-28)22-38-23-31(30-10-4-5-11-32(30)38)27(17-14-25-8-2-1-3-9-25)20-35(39)37-21-29-24-40-33-12-6-7-13-34(33)41-29/h1-13,15-16,18-19,23,27,29H,14,17,20-22,24H2,(H,37,39). The van der Waals surface area contributed by atoms with Crippen molar-refractivity contribution in [1.29, 1.82) is 0 Å². The lowest BCUT2D eigenvalue weighted by molar-refractivity contribution is -0.122. The van der Waals surface area contributed by atoms with Crippen molar-refractivity contribution < 1.29 is 18.7 Å². The molecule has 5 nitrogen and oxygen atoms in total. The highest BCUT2D eigenvalue weighted by atomic mass is 19.1. The van der Waals surface area contributed by atoms with Gasteiger partial charge in [-0.2, -0.15) is 0 Å². The maximum absolute atomic E-state index is 13.5. The molecule has 0 radical (unpaired) electrons. The third kappa shape index (κ3) is 6.43. The maximum atomic E-state index is 13.5. The van der Waals surface area contributed by atoms with Crippen molar-refractivity contribution in [2.24, 2.45) is 0 Å². The van der Waals surface area contributed by atoms with E-state index in [0.29, 0.717) is 31.9 Å². The molecule has 0 saturated carbocycles. The molecule has 0 bridgehead atoms. The summed E-state index contributed by atoms with van der Waals surface area (Å²) in [5.74, 6) is 1.19. The largest absolute Gasteiger partial charge is 0.486 e. The second-order valence-electron chi connectivity index (χ2n) is 10.6. The number of aryl methyl sites for hydroxylation is 1. The van der Waals surface area contributed by atoms with Gasteiger partial charge >= 0.3 is 0 Å². The van der Waals surface area contributed by atoms with Crippen molar-refractivity contribution >= 4 is 16.8 Å². The van der Waals surface area contributed by atoms with Gasteiger partial charge in [-0.25, -0.2) is 4.39 Å². The van der Waals surface area contributed by atoms with Crippen LogP contribution in [-0.2, 0) is 17.8 Å². The first kappa shape index (κ1) is 26.6. The molecule has 1 aliphatic heterocycles.